The van der Waals surface area contributed by atoms with E-state index in [9.17, 15) is 9.59 Å². The molecule has 0 N–H and O–H groups in total. The molecule has 1 amide bonds. The minimum absolute atomic E-state index is 0.0753. The van der Waals surface area contributed by atoms with Crippen LogP contribution in [0.1, 0.15) is 10.5 Å². The Morgan fingerprint density at radius 2 is 1.80 bits per heavy atom. The molecule has 1 aliphatic rings. The van der Waals surface area contributed by atoms with Crippen molar-refractivity contribution in [2.45, 2.75) is 0 Å². The number of amides is 1. The number of rotatable bonds is 4. The fraction of sp³-hybridized carbons (Fsp3) is 0.312. The van der Waals surface area contributed by atoms with Crippen molar-refractivity contribution in [1.29, 1.82) is 0 Å². The van der Waals surface area contributed by atoms with E-state index in [-0.39, 0.29) is 18.2 Å². The quantitative estimate of drug-likeness (QED) is 0.751. The predicted molar refractivity (Wildman–Crippen MR) is 90.4 cm³/mol. The maximum absolute atomic E-state index is 12.2. The van der Waals surface area contributed by atoms with E-state index in [0.717, 1.165) is 0 Å². The van der Waals surface area contributed by atoms with E-state index in [1.165, 1.54) is 12.3 Å². The molecular weight excluding hydrogens is 346 g/mol. The van der Waals surface area contributed by atoms with Crippen molar-refractivity contribution in [2.24, 2.45) is 0 Å². The number of pyridine rings is 1. The normalized spacial score (nSPS) is 14.3. The Balaban J connectivity index is 1.47. The first-order valence-electron chi connectivity index (χ1n) is 7.72. The zero-order valence-electron chi connectivity index (χ0n) is 13.3. The van der Waals surface area contributed by atoms with Crippen molar-refractivity contribution in [3.8, 4) is 0 Å². The lowest BCUT2D eigenvalue weighted by atomic mass is 10.3. The van der Waals surface area contributed by atoms with Gasteiger partial charge < -0.3 is 14.5 Å². The largest absolute Gasteiger partial charge is 0.451 e. The van der Waals surface area contributed by atoms with E-state index >= 15 is 0 Å². The molecule has 0 bridgehead atoms. The van der Waals surface area contributed by atoms with Crippen LogP contribution in [0.4, 0.5) is 5.95 Å². The van der Waals surface area contributed by atoms with Crippen LogP contribution in [0.15, 0.2) is 36.8 Å². The summed E-state index contributed by atoms with van der Waals surface area (Å²) in [4.78, 5) is 40.0. The second-order valence-electron chi connectivity index (χ2n) is 5.35. The van der Waals surface area contributed by atoms with Crippen LogP contribution in [-0.2, 0) is 9.53 Å². The summed E-state index contributed by atoms with van der Waals surface area (Å²) < 4.78 is 5.02. The number of anilines is 1. The third kappa shape index (κ3) is 4.42. The number of carbonyl (C=O) groups excluding carboxylic acids is 2. The summed E-state index contributed by atoms with van der Waals surface area (Å²) in [6.07, 6.45) is 4.78. The molecule has 0 aliphatic carbocycles. The van der Waals surface area contributed by atoms with E-state index in [1.807, 2.05) is 4.90 Å². The van der Waals surface area contributed by atoms with E-state index in [4.69, 9.17) is 16.3 Å². The van der Waals surface area contributed by atoms with Crippen molar-refractivity contribution in [3.63, 3.8) is 0 Å². The van der Waals surface area contributed by atoms with Crippen molar-refractivity contribution in [1.82, 2.24) is 19.9 Å². The van der Waals surface area contributed by atoms with Crippen molar-refractivity contribution in [3.05, 3.63) is 47.5 Å². The smallest absolute Gasteiger partial charge is 0.357 e. The lowest BCUT2D eigenvalue weighted by Gasteiger charge is -2.34. The van der Waals surface area contributed by atoms with Gasteiger partial charge in [-0.15, -0.1) is 0 Å². The van der Waals surface area contributed by atoms with Gasteiger partial charge in [0.15, 0.2) is 6.61 Å². The Morgan fingerprint density at radius 1 is 1.08 bits per heavy atom. The molecule has 2 aromatic rings. The van der Waals surface area contributed by atoms with Crippen molar-refractivity contribution in [2.75, 3.05) is 37.7 Å². The summed E-state index contributed by atoms with van der Waals surface area (Å²) >= 11 is 5.80. The van der Waals surface area contributed by atoms with Crippen LogP contribution in [-0.4, -0.2) is 64.5 Å². The van der Waals surface area contributed by atoms with E-state index in [1.54, 1.807) is 29.4 Å². The fourth-order valence-electron chi connectivity index (χ4n) is 2.42. The highest BCUT2D eigenvalue weighted by Gasteiger charge is 2.23. The lowest BCUT2D eigenvalue weighted by molar-refractivity contribution is -0.134. The van der Waals surface area contributed by atoms with E-state index in [2.05, 4.69) is 15.0 Å². The first kappa shape index (κ1) is 17.1. The van der Waals surface area contributed by atoms with Crippen molar-refractivity contribution >= 4 is 29.4 Å². The summed E-state index contributed by atoms with van der Waals surface area (Å²) in [6, 6.07) is 4.71. The average molecular weight is 362 g/mol. The zero-order valence-corrected chi connectivity index (χ0v) is 14.1. The highest BCUT2D eigenvalue weighted by Crippen LogP contribution is 2.11. The maximum atomic E-state index is 12.2. The third-order valence-corrected chi connectivity index (χ3v) is 3.96. The topological polar surface area (TPSA) is 88.5 Å². The van der Waals surface area contributed by atoms with Gasteiger partial charge in [-0.25, -0.2) is 19.7 Å². The molecule has 3 rings (SSSR count). The van der Waals surface area contributed by atoms with Crippen LogP contribution in [0, 0.1) is 0 Å². The Morgan fingerprint density at radius 3 is 2.48 bits per heavy atom. The van der Waals surface area contributed by atoms with Crippen LogP contribution in [0.3, 0.4) is 0 Å². The third-order valence-electron chi connectivity index (χ3n) is 3.73. The molecule has 130 valence electrons. The van der Waals surface area contributed by atoms with Gasteiger partial charge in [0.25, 0.3) is 5.91 Å². The standard InChI is InChI=1S/C16H16ClN5O3/c17-12-2-5-18-13(10-12)15(24)25-11-14(23)21-6-8-22(9-7-21)16-19-3-1-4-20-16/h1-5,10H,6-9,11H2. The monoisotopic (exact) mass is 361 g/mol. The molecule has 2 aromatic heterocycles. The first-order valence-corrected chi connectivity index (χ1v) is 8.10. The second kappa shape index (κ2) is 7.89. The number of halogens is 1. The number of ether oxygens (including phenoxy) is 1. The van der Waals surface area contributed by atoms with Crippen LogP contribution >= 0.6 is 11.6 Å². The molecular formula is C16H16ClN5O3. The molecule has 1 fully saturated rings. The van der Waals surface area contributed by atoms with Crippen LogP contribution < -0.4 is 4.90 Å². The second-order valence-corrected chi connectivity index (χ2v) is 5.79. The summed E-state index contributed by atoms with van der Waals surface area (Å²) in [5.41, 5.74) is 0.0753. The summed E-state index contributed by atoms with van der Waals surface area (Å²) in [5.74, 6) is -0.274. The van der Waals surface area contributed by atoms with Crippen LogP contribution in [0.5, 0.6) is 0 Å². The van der Waals surface area contributed by atoms with Gasteiger partial charge in [0.05, 0.1) is 0 Å². The minimum Gasteiger partial charge on any atom is -0.451 e. The molecule has 1 saturated heterocycles. The summed E-state index contributed by atoms with van der Waals surface area (Å²) in [6.45, 7) is 1.96. The molecule has 0 aromatic carbocycles. The number of nitrogens with zero attached hydrogens (tertiary/aromatic N) is 5. The number of carbonyl (C=O) groups is 2. The zero-order chi connectivity index (χ0) is 17.6. The van der Waals surface area contributed by atoms with Gasteiger partial charge >= 0.3 is 5.97 Å². The Bertz CT molecular complexity index is 750. The molecule has 3 heterocycles. The van der Waals surface area contributed by atoms with Gasteiger partial charge in [0.2, 0.25) is 5.95 Å². The highest BCUT2D eigenvalue weighted by molar-refractivity contribution is 6.30. The molecule has 0 atom stereocenters. The first-order chi connectivity index (χ1) is 12.1. The van der Waals surface area contributed by atoms with E-state index < -0.39 is 5.97 Å². The summed E-state index contributed by atoms with van der Waals surface area (Å²) in [5, 5.41) is 0.382. The van der Waals surface area contributed by atoms with Crippen LogP contribution in [0.25, 0.3) is 0 Å². The molecule has 8 nitrogen and oxygen atoms in total. The summed E-state index contributed by atoms with van der Waals surface area (Å²) in [7, 11) is 0. The maximum Gasteiger partial charge on any atom is 0.357 e. The minimum atomic E-state index is -0.674. The van der Waals surface area contributed by atoms with Gasteiger partial charge in [-0.3, -0.25) is 4.79 Å². The number of hydrogen-bond acceptors (Lipinski definition) is 7. The number of hydrogen-bond donors (Lipinski definition) is 0. The number of esters is 1. The highest BCUT2D eigenvalue weighted by atomic mass is 35.5. The lowest BCUT2D eigenvalue weighted by Crippen LogP contribution is -2.50. The van der Waals surface area contributed by atoms with Crippen LogP contribution in [0.2, 0.25) is 5.02 Å². The van der Waals surface area contributed by atoms with Gasteiger partial charge in [-0.1, -0.05) is 11.6 Å². The molecule has 1 aliphatic heterocycles. The Hall–Kier alpha value is -2.74. The molecule has 0 saturated carbocycles. The SMILES string of the molecule is O=C(OCC(=O)N1CCN(c2ncccn2)CC1)c1cc(Cl)ccn1. The molecule has 0 spiro atoms. The Labute approximate surface area is 149 Å². The van der Waals surface area contributed by atoms with Gasteiger partial charge in [-0.05, 0) is 18.2 Å². The Kier molecular flexibility index (Phi) is 5.39. The van der Waals surface area contributed by atoms with Crippen molar-refractivity contribution < 1.29 is 14.3 Å². The van der Waals surface area contributed by atoms with Gasteiger partial charge in [0, 0.05) is 49.8 Å². The number of piperazine rings is 1. The molecule has 0 radical (unpaired) electrons. The van der Waals surface area contributed by atoms with Gasteiger partial charge in [0.1, 0.15) is 5.69 Å². The molecule has 9 heteroatoms. The van der Waals surface area contributed by atoms with E-state index in [0.29, 0.717) is 37.1 Å². The number of aromatic nitrogens is 3. The fourth-order valence-corrected chi connectivity index (χ4v) is 2.58. The van der Waals surface area contributed by atoms with Gasteiger partial charge in [-0.2, -0.15) is 0 Å². The predicted octanol–water partition coefficient (Wildman–Crippen LogP) is 1.03. The molecule has 25 heavy (non-hydrogen) atoms. The molecule has 0 unspecified atom stereocenters. The average Bonchev–Trinajstić information content (AvgIpc) is 2.66.